The number of benzene rings is 1. The molecule has 0 saturated carbocycles. The Bertz CT molecular complexity index is 393. The van der Waals surface area contributed by atoms with Gasteiger partial charge in [0.2, 0.25) is 0 Å². The Morgan fingerprint density at radius 2 is 2.05 bits per heavy atom. The van der Waals surface area contributed by atoms with Crippen molar-refractivity contribution < 1.29 is 4.74 Å². The predicted octanol–water partition coefficient (Wildman–Crippen LogP) is 4.06. The number of hydrogen-bond donors (Lipinski definition) is 1. The summed E-state index contributed by atoms with van der Waals surface area (Å²) in [6.07, 6.45) is 2.21. The van der Waals surface area contributed by atoms with E-state index >= 15 is 0 Å². The maximum absolute atomic E-state index is 5.50. The van der Waals surface area contributed by atoms with Crippen LogP contribution in [0.2, 0.25) is 0 Å². The second kappa shape index (κ2) is 9.30. The average molecular weight is 295 g/mol. The molecule has 0 aromatic heterocycles. The van der Waals surface area contributed by atoms with Crippen LogP contribution in [0.1, 0.15) is 38.3 Å². The van der Waals surface area contributed by atoms with E-state index in [-0.39, 0.29) is 0 Å². The monoisotopic (exact) mass is 295 g/mol. The highest BCUT2D eigenvalue weighted by atomic mass is 32.2. The SMILES string of the molecule is CCCNC(CSC(C)C)Cc1cc(C)ccc1OC. The van der Waals surface area contributed by atoms with Crippen LogP contribution < -0.4 is 10.1 Å². The molecule has 0 heterocycles. The Morgan fingerprint density at radius 1 is 1.30 bits per heavy atom. The van der Waals surface area contributed by atoms with Crippen molar-refractivity contribution in [3.8, 4) is 5.75 Å². The van der Waals surface area contributed by atoms with Crippen LogP contribution in [0.15, 0.2) is 18.2 Å². The fourth-order valence-electron chi connectivity index (χ4n) is 2.18. The van der Waals surface area contributed by atoms with E-state index in [9.17, 15) is 0 Å². The van der Waals surface area contributed by atoms with Crippen molar-refractivity contribution in [1.82, 2.24) is 5.32 Å². The summed E-state index contributed by atoms with van der Waals surface area (Å²) in [4.78, 5) is 0. The molecule has 0 amide bonds. The lowest BCUT2D eigenvalue weighted by molar-refractivity contribution is 0.406. The van der Waals surface area contributed by atoms with Crippen LogP contribution in [0.4, 0.5) is 0 Å². The molecular weight excluding hydrogens is 266 g/mol. The molecule has 0 bridgehead atoms. The normalized spacial score (nSPS) is 12.7. The quantitative estimate of drug-likeness (QED) is 0.742. The first kappa shape index (κ1) is 17.4. The molecule has 3 heteroatoms. The van der Waals surface area contributed by atoms with Gasteiger partial charge in [0.25, 0.3) is 0 Å². The van der Waals surface area contributed by atoms with Crippen molar-refractivity contribution in [1.29, 1.82) is 0 Å². The van der Waals surface area contributed by atoms with Crippen molar-refractivity contribution in [2.45, 2.75) is 51.8 Å². The summed E-state index contributed by atoms with van der Waals surface area (Å²) in [5.74, 6) is 2.16. The molecule has 1 rings (SSSR count). The average Bonchev–Trinajstić information content (AvgIpc) is 2.42. The molecule has 0 fully saturated rings. The van der Waals surface area contributed by atoms with Crippen LogP contribution in [-0.4, -0.2) is 30.7 Å². The zero-order chi connectivity index (χ0) is 15.0. The Balaban J connectivity index is 2.73. The number of ether oxygens (including phenoxy) is 1. The zero-order valence-corrected chi connectivity index (χ0v) is 14.3. The van der Waals surface area contributed by atoms with E-state index in [1.54, 1.807) is 7.11 Å². The van der Waals surface area contributed by atoms with Crippen molar-refractivity contribution in [2.24, 2.45) is 0 Å². The van der Waals surface area contributed by atoms with Gasteiger partial charge >= 0.3 is 0 Å². The topological polar surface area (TPSA) is 21.3 Å². The lowest BCUT2D eigenvalue weighted by atomic mass is 10.0. The molecule has 1 aromatic carbocycles. The van der Waals surface area contributed by atoms with Crippen molar-refractivity contribution >= 4 is 11.8 Å². The van der Waals surface area contributed by atoms with Crippen molar-refractivity contribution in [3.63, 3.8) is 0 Å². The first-order chi connectivity index (χ1) is 9.56. The summed E-state index contributed by atoms with van der Waals surface area (Å²) in [5, 5.41) is 4.35. The number of aryl methyl sites for hydroxylation is 1. The lowest BCUT2D eigenvalue weighted by Crippen LogP contribution is -2.34. The molecule has 1 atom stereocenters. The van der Waals surface area contributed by atoms with E-state index in [0.29, 0.717) is 11.3 Å². The molecule has 0 aliphatic carbocycles. The minimum absolute atomic E-state index is 0.512. The van der Waals surface area contributed by atoms with Crippen LogP contribution in [0.3, 0.4) is 0 Å². The molecule has 1 unspecified atom stereocenters. The number of hydrogen-bond acceptors (Lipinski definition) is 3. The standard InChI is InChI=1S/C17H29NOS/c1-6-9-18-16(12-20-13(2)3)11-15-10-14(4)7-8-17(15)19-5/h7-8,10,13,16,18H,6,9,11-12H2,1-5H3. The van der Waals surface area contributed by atoms with E-state index in [1.807, 2.05) is 11.8 Å². The van der Waals surface area contributed by atoms with Crippen LogP contribution in [0, 0.1) is 6.92 Å². The van der Waals surface area contributed by atoms with E-state index in [0.717, 1.165) is 24.5 Å². The van der Waals surface area contributed by atoms with E-state index in [4.69, 9.17) is 4.74 Å². The van der Waals surface area contributed by atoms with Crippen LogP contribution >= 0.6 is 11.8 Å². The predicted molar refractivity (Wildman–Crippen MR) is 91.1 cm³/mol. The van der Waals surface area contributed by atoms with Crippen molar-refractivity contribution in [3.05, 3.63) is 29.3 Å². The minimum atomic E-state index is 0.512. The van der Waals surface area contributed by atoms with E-state index in [1.165, 1.54) is 17.5 Å². The van der Waals surface area contributed by atoms with Gasteiger partial charge in [-0.25, -0.2) is 0 Å². The number of methoxy groups -OCH3 is 1. The fraction of sp³-hybridized carbons (Fsp3) is 0.647. The summed E-state index contributed by atoms with van der Waals surface area (Å²) in [7, 11) is 1.76. The Hall–Kier alpha value is -0.670. The largest absolute Gasteiger partial charge is 0.496 e. The molecule has 0 saturated heterocycles. The van der Waals surface area contributed by atoms with Gasteiger partial charge in [0.05, 0.1) is 7.11 Å². The van der Waals surface area contributed by atoms with Crippen LogP contribution in [0.5, 0.6) is 5.75 Å². The lowest BCUT2D eigenvalue weighted by Gasteiger charge is -2.21. The minimum Gasteiger partial charge on any atom is -0.496 e. The van der Waals surface area contributed by atoms with Gasteiger partial charge in [0, 0.05) is 11.8 Å². The summed E-state index contributed by atoms with van der Waals surface area (Å²) in [5.41, 5.74) is 2.61. The maximum Gasteiger partial charge on any atom is 0.122 e. The molecular formula is C17H29NOS. The third-order valence-electron chi connectivity index (χ3n) is 3.22. The van der Waals surface area contributed by atoms with Gasteiger partial charge in [-0.15, -0.1) is 0 Å². The summed E-state index contributed by atoms with van der Waals surface area (Å²) in [6, 6.07) is 6.95. The Morgan fingerprint density at radius 3 is 2.65 bits per heavy atom. The van der Waals surface area contributed by atoms with Gasteiger partial charge in [-0.05, 0) is 43.2 Å². The smallest absolute Gasteiger partial charge is 0.122 e. The molecule has 114 valence electrons. The molecule has 0 spiro atoms. The molecule has 0 aliphatic heterocycles. The zero-order valence-electron chi connectivity index (χ0n) is 13.5. The number of thioether (sulfide) groups is 1. The third kappa shape index (κ3) is 6.19. The van der Waals surface area contributed by atoms with Crippen LogP contribution in [0.25, 0.3) is 0 Å². The summed E-state index contributed by atoms with van der Waals surface area (Å²) >= 11 is 2.02. The van der Waals surface area contributed by atoms with Crippen LogP contribution in [-0.2, 0) is 6.42 Å². The summed E-state index contributed by atoms with van der Waals surface area (Å²) in [6.45, 7) is 9.95. The Kier molecular flexibility index (Phi) is 8.08. The highest BCUT2D eigenvalue weighted by Crippen LogP contribution is 2.22. The van der Waals surface area contributed by atoms with Gasteiger partial charge in [-0.1, -0.05) is 38.5 Å². The van der Waals surface area contributed by atoms with Gasteiger partial charge < -0.3 is 10.1 Å². The first-order valence-corrected chi connectivity index (χ1v) is 8.60. The summed E-state index contributed by atoms with van der Waals surface area (Å²) < 4.78 is 5.50. The van der Waals surface area contributed by atoms with Gasteiger partial charge in [-0.2, -0.15) is 11.8 Å². The maximum atomic E-state index is 5.50. The number of nitrogens with one attached hydrogen (secondary N) is 1. The third-order valence-corrected chi connectivity index (χ3v) is 4.48. The molecule has 0 aliphatic rings. The Labute approximate surface area is 128 Å². The highest BCUT2D eigenvalue weighted by molar-refractivity contribution is 7.99. The fourth-order valence-corrected chi connectivity index (χ4v) is 3.03. The highest BCUT2D eigenvalue weighted by Gasteiger charge is 2.13. The molecule has 2 nitrogen and oxygen atoms in total. The molecule has 20 heavy (non-hydrogen) atoms. The van der Waals surface area contributed by atoms with Crippen molar-refractivity contribution in [2.75, 3.05) is 19.4 Å². The van der Waals surface area contributed by atoms with Gasteiger partial charge in [0.1, 0.15) is 5.75 Å². The first-order valence-electron chi connectivity index (χ1n) is 7.55. The van der Waals surface area contributed by atoms with E-state index in [2.05, 4.69) is 51.2 Å². The second-order valence-corrected chi connectivity index (χ2v) is 7.16. The van der Waals surface area contributed by atoms with Gasteiger partial charge in [-0.3, -0.25) is 0 Å². The van der Waals surface area contributed by atoms with E-state index < -0.39 is 0 Å². The number of rotatable bonds is 9. The molecule has 0 radical (unpaired) electrons. The second-order valence-electron chi connectivity index (χ2n) is 5.55. The van der Waals surface area contributed by atoms with Gasteiger partial charge in [0.15, 0.2) is 0 Å². The molecule has 1 N–H and O–H groups in total. The molecule has 1 aromatic rings.